The van der Waals surface area contributed by atoms with Gasteiger partial charge in [0, 0.05) is 25.4 Å². The van der Waals surface area contributed by atoms with Crippen molar-refractivity contribution in [3.8, 4) is 0 Å². The number of likely N-dealkylation sites (tertiary alicyclic amines) is 1. The smallest absolute Gasteiger partial charge is 0.256 e. The minimum Gasteiger partial charge on any atom is -0.368 e. The summed E-state index contributed by atoms with van der Waals surface area (Å²) in [4.78, 5) is 27.5. The monoisotopic (exact) mass is 393 g/mol. The third-order valence-corrected chi connectivity index (χ3v) is 6.05. The lowest BCUT2D eigenvalue weighted by Crippen LogP contribution is -2.51. The molecule has 2 heterocycles. The van der Waals surface area contributed by atoms with Crippen LogP contribution in [0, 0.1) is 0 Å². The van der Waals surface area contributed by atoms with E-state index in [2.05, 4.69) is 17.6 Å². The highest BCUT2D eigenvalue weighted by Crippen LogP contribution is 2.28. The van der Waals surface area contributed by atoms with Gasteiger partial charge in [-0.05, 0) is 70.3 Å². The van der Waals surface area contributed by atoms with Gasteiger partial charge in [0.05, 0.1) is 10.6 Å². The maximum atomic E-state index is 12.8. The summed E-state index contributed by atoms with van der Waals surface area (Å²) in [6, 6.07) is 5.30. The largest absolute Gasteiger partial charge is 0.368 e. The molecule has 1 aromatic rings. The first-order valence-electron chi connectivity index (χ1n) is 9.65. The lowest BCUT2D eigenvalue weighted by atomic mass is 9.91. The minimum atomic E-state index is -0.824. The van der Waals surface area contributed by atoms with Gasteiger partial charge < -0.3 is 20.3 Å². The molecule has 3 rings (SSSR count). The van der Waals surface area contributed by atoms with Crippen molar-refractivity contribution < 1.29 is 14.3 Å². The first-order valence-corrected chi connectivity index (χ1v) is 10.0. The van der Waals surface area contributed by atoms with Crippen LogP contribution in [0.2, 0.25) is 5.02 Å². The average Bonchev–Trinajstić information content (AvgIpc) is 2.68. The second-order valence-corrected chi connectivity index (χ2v) is 7.85. The number of rotatable bonds is 4. The van der Waals surface area contributed by atoms with Gasteiger partial charge in [0.25, 0.3) is 11.8 Å². The summed E-state index contributed by atoms with van der Waals surface area (Å²) in [5.41, 5.74) is 0.227. The number of amides is 2. The van der Waals surface area contributed by atoms with Crippen LogP contribution in [0.3, 0.4) is 0 Å². The van der Waals surface area contributed by atoms with Gasteiger partial charge in [0.2, 0.25) is 0 Å². The molecule has 2 aliphatic heterocycles. The SMILES string of the molecule is COC1(C(=O)Nc2ccc(C(=O)N3CCCCC3C)c(Cl)c2)CCNCC1. The summed E-state index contributed by atoms with van der Waals surface area (Å²) in [7, 11) is 1.57. The van der Waals surface area contributed by atoms with Gasteiger partial charge in [-0.3, -0.25) is 9.59 Å². The maximum absolute atomic E-state index is 12.8. The lowest BCUT2D eigenvalue weighted by Gasteiger charge is -2.35. The van der Waals surface area contributed by atoms with E-state index in [9.17, 15) is 9.59 Å². The molecule has 0 spiro atoms. The molecule has 0 radical (unpaired) electrons. The number of nitrogens with zero attached hydrogens (tertiary/aromatic N) is 1. The fraction of sp³-hybridized carbons (Fsp3) is 0.600. The summed E-state index contributed by atoms with van der Waals surface area (Å²) in [5, 5.41) is 6.48. The Kier molecular flexibility index (Phi) is 6.40. The molecule has 6 nitrogen and oxygen atoms in total. The number of piperidine rings is 2. The van der Waals surface area contributed by atoms with E-state index < -0.39 is 5.60 Å². The summed E-state index contributed by atoms with van der Waals surface area (Å²) >= 11 is 6.39. The summed E-state index contributed by atoms with van der Waals surface area (Å²) in [6.45, 7) is 4.31. The van der Waals surface area contributed by atoms with Crippen LogP contribution >= 0.6 is 11.6 Å². The molecule has 7 heteroatoms. The van der Waals surface area contributed by atoms with E-state index in [0.717, 1.165) is 38.9 Å². The third-order valence-electron chi connectivity index (χ3n) is 5.74. The van der Waals surface area contributed by atoms with Crippen molar-refractivity contribution in [3.05, 3.63) is 28.8 Å². The number of methoxy groups -OCH3 is 1. The highest BCUT2D eigenvalue weighted by molar-refractivity contribution is 6.34. The van der Waals surface area contributed by atoms with Gasteiger partial charge in [-0.2, -0.15) is 0 Å². The number of carbonyl (C=O) groups excluding carboxylic acids is 2. The van der Waals surface area contributed by atoms with Crippen molar-refractivity contribution in [1.82, 2.24) is 10.2 Å². The Hall–Kier alpha value is -1.63. The molecule has 1 aromatic carbocycles. The van der Waals surface area contributed by atoms with Gasteiger partial charge in [0.1, 0.15) is 5.60 Å². The van der Waals surface area contributed by atoms with Crippen molar-refractivity contribution in [3.63, 3.8) is 0 Å². The van der Waals surface area contributed by atoms with Gasteiger partial charge in [-0.1, -0.05) is 11.6 Å². The molecule has 148 valence electrons. The van der Waals surface area contributed by atoms with Gasteiger partial charge in [-0.25, -0.2) is 0 Å². The molecule has 2 amide bonds. The predicted molar refractivity (Wildman–Crippen MR) is 106 cm³/mol. The van der Waals surface area contributed by atoms with Crippen LogP contribution in [0.5, 0.6) is 0 Å². The Morgan fingerprint density at radius 1 is 1.30 bits per heavy atom. The molecule has 2 fully saturated rings. The van der Waals surface area contributed by atoms with Crippen LogP contribution in [0.4, 0.5) is 5.69 Å². The van der Waals surface area contributed by atoms with E-state index in [0.29, 0.717) is 29.1 Å². The molecule has 2 N–H and O–H groups in total. The van der Waals surface area contributed by atoms with E-state index in [1.165, 1.54) is 0 Å². The number of anilines is 1. The quantitative estimate of drug-likeness (QED) is 0.824. The normalized spacial score (nSPS) is 22.3. The predicted octanol–water partition coefficient (Wildman–Crippen LogP) is 3.06. The first kappa shape index (κ1) is 20.1. The second kappa shape index (κ2) is 8.59. The fourth-order valence-corrected chi connectivity index (χ4v) is 4.18. The molecule has 0 aromatic heterocycles. The van der Waals surface area contributed by atoms with Crippen molar-refractivity contribution in [1.29, 1.82) is 0 Å². The zero-order valence-corrected chi connectivity index (χ0v) is 16.8. The minimum absolute atomic E-state index is 0.0446. The second-order valence-electron chi connectivity index (χ2n) is 7.44. The molecule has 0 bridgehead atoms. The summed E-state index contributed by atoms with van der Waals surface area (Å²) in [6.07, 6.45) is 4.43. The fourth-order valence-electron chi connectivity index (χ4n) is 3.92. The van der Waals surface area contributed by atoms with Gasteiger partial charge in [0.15, 0.2) is 0 Å². The zero-order chi connectivity index (χ0) is 19.4. The molecular weight excluding hydrogens is 366 g/mol. The van der Waals surface area contributed by atoms with Crippen molar-refractivity contribution in [2.75, 3.05) is 32.1 Å². The van der Waals surface area contributed by atoms with E-state index in [4.69, 9.17) is 16.3 Å². The standard InChI is InChI=1S/C20H28ClN3O3/c1-14-5-3-4-12-24(14)18(25)16-7-6-15(13-17(16)21)23-19(26)20(27-2)8-10-22-11-9-20/h6-7,13-14,22H,3-5,8-12H2,1-2H3,(H,23,26). The Balaban J connectivity index is 1.72. The Morgan fingerprint density at radius 2 is 2.04 bits per heavy atom. The number of nitrogens with one attached hydrogen (secondary N) is 2. The number of ether oxygens (including phenoxy) is 1. The molecule has 1 atom stereocenters. The Labute approximate surface area is 165 Å². The van der Waals surface area contributed by atoms with E-state index in [-0.39, 0.29) is 17.9 Å². The number of carbonyl (C=O) groups is 2. The number of hydrogen-bond acceptors (Lipinski definition) is 4. The lowest BCUT2D eigenvalue weighted by molar-refractivity contribution is -0.140. The number of halogens is 1. The van der Waals surface area contributed by atoms with Crippen molar-refractivity contribution in [2.45, 2.75) is 50.7 Å². The maximum Gasteiger partial charge on any atom is 0.256 e. The highest BCUT2D eigenvalue weighted by atomic mass is 35.5. The van der Waals surface area contributed by atoms with Crippen LogP contribution in [0.1, 0.15) is 49.4 Å². The van der Waals surface area contributed by atoms with Crippen molar-refractivity contribution in [2.24, 2.45) is 0 Å². The molecule has 2 aliphatic rings. The Morgan fingerprint density at radius 3 is 2.67 bits per heavy atom. The number of hydrogen-bond donors (Lipinski definition) is 2. The first-order chi connectivity index (χ1) is 13.0. The highest BCUT2D eigenvalue weighted by Gasteiger charge is 2.39. The molecule has 2 saturated heterocycles. The van der Waals surface area contributed by atoms with E-state index >= 15 is 0 Å². The van der Waals surface area contributed by atoms with Crippen molar-refractivity contribution >= 4 is 29.1 Å². The molecule has 1 unspecified atom stereocenters. The van der Waals surface area contributed by atoms with E-state index in [1.54, 1.807) is 25.3 Å². The Bertz CT molecular complexity index is 704. The van der Waals surface area contributed by atoms with E-state index in [1.807, 2.05) is 4.90 Å². The van der Waals surface area contributed by atoms with Crippen LogP contribution in [-0.2, 0) is 9.53 Å². The summed E-state index contributed by atoms with van der Waals surface area (Å²) in [5.74, 6) is -0.219. The molecule has 0 aliphatic carbocycles. The van der Waals surface area contributed by atoms with Gasteiger partial charge in [-0.15, -0.1) is 0 Å². The molecule has 27 heavy (non-hydrogen) atoms. The van der Waals surface area contributed by atoms with Crippen LogP contribution in [0.15, 0.2) is 18.2 Å². The average molecular weight is 394 g/mol. The third kappa shape index (κ3) is 4.28. The topological polar surface area (TPSA) is 70.7 Å². The van der Waals surface area contributed by atoms with Crippen LogP contribution in [-0.4, -0.2) is 55.1 Å². The zero-order valence-electron chi connectivity index (χ0n) is 16.0. The van der Waals surface area contributed by atoms with Gasteiger partial charge >= 0.3 is 0 Å². The number of benzene rings is 1. The van der Waals surface area contributed by atoms with Crippen LogP contribution in [0.25, 0.3) is 0 Å². The summed E-state index contributed by atoms with van der Waals surface area (Å²) < 4.78 is 5.55. The molecule has 0 saturated carbocycles. The van der Waals surface area contributed by atoms with Crippen LogP contribution < -0.4 is 10.6 Å². The molecular formula is C20H28ClN3O3.